The van der Waals surface area contributed by atoms with Gasteiger partial charge in [-0.05, 0) is 54.3 Å². The fraction of sp³-hybridized carbons (Fsp3) is 0.258. The van der Waals surface area contributed by atoms with Gasteiger partial charge in [-0.15, -0.1) is 11.3 Å². The van der Waals surface area contributed by atoms with Crippen molar-refractivity contribution < 1.29 is 33.0 Å². The molecular formula is C31H28F2N4O5S. The molecule has 0 aliphatic carbocycles. The van der Waals surface area contributed by atoms with E-state index in [1.54, 1.807) is 34.7 Å². The molecule has 222 valence electrons. The number of carboxylic acids is 1. The van der Waals surface area contributed by atoms with Gasteiger partial charge in [0.25, 0.3) is 0 Å². The van der Waals surface area contributed by atoms with Crippen molar-refractivity contribution in [3.63, 3.8) is 0 Å². The molecular weight excluding hydrogens is 578 g/mol. The van der Waals surface area contributed by atoms with E-state index in [0.29, 0.717) is 46.3 Å². The highest BCUT2D eigenvalue weighted by atomic mass is 32.1. The fourth-order valence-corrected chi connectivity index (χ4v) is 5.82. The normalized spacial score (nSPS) is 13.8. The molecule has 3 heterocycles. The van der Waals surface area contributed by atoms with E-state index in [2.05, 4.69) is 14.7 Å². The number of nitrogens with zero attached hydrogens (tertiary/aromatic N) is 4. The maximum atomic E-state index is 13.4. The monoisotopic (exact) mass is 606 g/mol. The average molecular weight is 607 g/mol. The summed E-state index contributed by atoms with van der Waals surface area (Å²) in [6.45, 7) is -2.43. The molecule has 1 unspecified atom stereocenters. The van der Waals surface area contributed by atoms with Crippen LogP contribution in [0.1, 0.15) is 24.8 Å². The van der Waals surface area contributed by atoms with Gasteiger partial charge >= 0.3 is 12.6 Å². The Balaban J connectivity index is 1.44. The maximum absolute atomic E-state index is 13.4. The second kappa shape index (κ2) is 13.1. The highest BCUT2D eigenvalue weighted by molar-refractivity contribution is 7.14. The van der Waals surface area contributed by atoms with Gasteiger partial charge in [0.2, 0.25) is 11.8 Å². The zero-order chi connectivity index (χ0) is 30.5. The van der Waals surface area contributed by atoms with Crippen molar-refractivity contribution in [2.45, 2.75) is 32.3 Å². The van der Waals surface area contributed by atoms with Gasteiger partial charge in [-0.2, -0.15) is 8.78 Å². The largest absolute Gasteiger partial charge is 0.481 e. The summed E-state index contributed by atoms with van der Waals surface area (Å²) in [5, 5.41) is 11.5. The summed E-state index contributed by atoms with van der Waals surface area (Å²) < 4.78 is 30.8. The van der Waals surface area contributed by atoms with Crippen molar-refractivity contribution in [1.29, 1.82) is 0 Å². The lowest BCUT2D eigenvalue weighted by Gasteiger charge is -2.21. The number of aliphatic carboxylic acids is 1. The molecule has 5 rings (SSSR count). The molecule has 4 aromatic rings. The molecule has 2 aromatic heterocycles. The molecule has 0 bridgehead atoms. The molecule has 2 amide bonds. The van der Waals surface area contributed by atoms with E-state index in [4.69, 9.17) is 0 Å². The molecule has 1 N–H and O–H groups in total. The van der Waals surface area contributed by atoms with E-state index in [0.717, 1.165) is 23.3 Å². The number of amides is 2. The zero-order valence-corrected chi connectivity index (χ0v) is 24.0. The Bertz CT molecular complexity index is 1610. The van der Waals surface area contributed by atoms with Gasteiger partial charge in [-0.3, -0.25) is 24.2 Å². The minimum atomic E-state index is -3.02. The Morgan fingerprint density at radius 3 is 2.56 bits per heavy atom. The number of benzene rings is 2. The number of hydrogen-bond donors (Lipinski definition) is 1. The van der Waals surface area contributed by atoms with Gasteiger partial charge in [0.05, 0.1) is 18.0 Å². The second-order valence-corrected chi connectivity index (χ2v) is 10.9. The standard InChI is InChI=1S/C31H28F2N4O5S/c1-36(29(41)21(15-28(39)40)14-19-6-3-2-4-7-19)31-35-25(18-43-31)24-16-22(42-30(32)33)10-11-23(24)20-9-12-26(34-17-20)37-13-5-8-27(37)38/h2-4,6-7,9-12,16-18,21,30H,5,8,13-15H2,1H3,(H,39,40). The van der Waals surface area contributed by atoms with Crippen LogP contribution in [0, 0.1) is 5.92 Å². The van der Waals surface area contributed by atoms with Crippen LogP contribution in [0.5, 0.6) is 5.75 Å². The molecule has 0 radical (unpaired) electrons. The SMILES string of the molecule is CN(C(=O)C(CC(=O)O)Cc1ccccc1)c1nc(-c2cc(OC(F)F)ccc2-c2ccc(N3CCCC3=O)nc2)cs1. The molecule has 12 heteroatoms. The minimum absolute atomic E-state index is 0.0115. The van der Waals surface area contributed by atoms with Crippen LogP contribution >= 0.6 is 11.3 Å². The summed E-state index contributed by atoms with van der Waals surface area (Å²) in [4.78, 5) is 49.2. The van der Waals surface area contributed by atoms with Crippen LogP contribution < -0.4 is 14.5 Å². The molecule has 1 atom stereocenters. The number of halogens is 2. The van der Waals surface area contributed by atoms with Crippen molar-refractivity contribution >= 4 is 40.1 Å². The number of thiazole rings is 1. The predicted molar refractivity (Wildman–Crippen MR) is 158 cm³/mol. The number of ether oxygens (including phenoxy) is 1. The van der Waals surface area contributed by atoms with Gasteiger partial charge in [0, 0.05) is 42.7 Å². The van der Waals surface area contributed by atoms with Crippen LogP contribution in [0.4, 0.5) is 19.7 Å². The number of carbonyl (C=O) groups excluding carboxylic acids is 2. The molecule has 1 aliphatic rings. The Kier molecular flexibility index (Phi) is 9.05. The highest BCUT2D eigenvalue weighted by Crippen LogP contribution is 2.38. The second-order valence-electron chi connectivity index (χ2n) is 10.0. The van der Waals surface area contributed by atoms with E-state index >= 15 is 0 Å². The van der Waals surface area contributed by atoms with E-state index in [9.17, 15) is 28.3 Å². The third kappa shape index (κ3) is 7.03. The van der Waals surface area contributed by atoms with Crippen LogP contribution in [-0.4, -0.2) is 53.1 Å². The molecule has 43 heavy (non-hydrogen) atoms. The third-order valence-corrected chi connectivity index (χ3v) is 8.02. The lowest BCUT2D eigenvalue weighted by molar-refractivity contribution is -0.140. The number of carboxylic acid groups (broad SMARTS) is 1. The average Bonchev–Trinajstić information content (AvgIpc) is 3.66. The van der Waals surface area contributed by atoms with E-state index in [1.165, 1.54) is 24.1 Å². The lowest BCUT2D eigenvalue weighted by Crippen LogP contribution is -2.35. The van der Waals surface area contributed by atoms with Crippen LogP contribution in [-0.2, 0) is 20.8 Å². The first-order valence-corrected chi connectivity index (χ1v) is 14.4. The quantitative estimate of drug-likeness (QED) is 0.226. The van der Waals surface area contributed by atoms with Crippen molar-refractivity contribution in [3.8, 4) is 28.1 Å². The van der Waals surface area contributed by atoms with Crippen molar-refractivity contribution in [2.24, 2.45) is 5.92 Å². The van der Waals surface area contributed by atoms with Crippen LogP contribution in [0.2, 0.25) is 0 Å². The summed E-state index contributed by atoms with van der Waals surface area (Å²) >= 11 is 1.16. The topological polar surface area (TPSA) is 113 Å². The summed E-state index contributed by atoms with van der Waals surface area (Å²) in [5.74, 6) is -1.83. The van der Waals surface area contributed by atoms with Gasteiger partial charge < -0.3 is 9.84 Å². The van der Waals surface area contributed by atoms with Crippen LogP contribution in [0.3, 0.4) is 0 Å². The predicted octanol–water partition coefficient (Wildman–Crippen LogP) is 5.90. The fourth-order valence-electron chi connectivity index (χ4n) is 5.02. The minimum Gasteiger partial charge on any atom is -0.481 e. The van der Waals surface area contributed by atoms with Crippen LogP contribution in [0.25, 0.3) is 22.4 Å². The molecule has 1 saturated heterocycles. The van der Waals surface area contributed by atoms with Gasteiger partial charge in [0.15, 0.2) is 5.13 Å². The first-order chi connectivity index (χ1) is 20.7. The Hall–Kier alpha value is -4.71. The van der Waals surface area contributed by atoms with Gasteiger partial charge in [-0.25, -0.2) is 9.97 Å². The zero-order valence-electron chi connectivity index (χ0n) is 23.2. The van der Waals surface area contributed by atoms with Gasteiger partial charge in [-0.1, -0.05) is 30.3 Å². The number of rotatable bonds is 11. The molecule has 1 aliphatic heterocycles. The smallest absolute Gasteiger partial charge is 0.387 e. The maximum Gasteiger partial charge on any atom is 0.387 e. The summed E-state index contributed by atoms with van der Waals surface area (Å²) in [6.07, 6.45) is 2.75. The number of anilines is 2. The van der Waals surface area contributed by atoms with E-state index in [1.807, 2.05) is 30.3 Å². The molecule has 1 fully saturated rings. The van der Waals surface area contributed by atoms with Crippen molar-refractivity contribution in [2.75, 3.05) is 23.4 Å². The van der Waals surface area contributed by atoms with Gasteiger partial charge in [0.1, 0.15) is 11.6 Å². The molecule has 9 nitrogen and oxygen atoms in total. The summed E-state index contributed by atoms with van der Waals surface area (Å²) in [7, 11) is 1.53. The first-order valence-electron chi connectivity index (χ1n) is 13.5. The number of pyridine rings is 1. The number of hydrogen-bond acceptors (Lipinski definition) is 7. The Morgan fingerprint density at radius 2 is 1.91 bits per heavy atom. The Morgan fingerprint density at radius 1 is 1.12 bits per heavy atom. The van der Waals surface area contributed by atoms with E-state index < -0.39 is 24.4 Å². The highest BCUT2D eigenvalue weighted by Gasteiger charge is 2.28. The van der Waals surface area contributed by atoms with Crippen LogP contribution in [0.15, 0.2) is 72.2 Å². The molecule has 2 aromatic carbocycles. The Labute approximate surface area is 250 Å². The van der Waals surface area contributed by atoms with E-state index in [-0.39, 0.29) is 24.5 Å². The van der Waals surface area contributed by atoms with Crippen molar-refractivity contribution in [3.05, 3.63) is 77.8 Å². The summed E-state index contributed by atoms with van der Waals surface area (Å²) in [5.41, 5.74) is 3.01. The van der Waals surface area contributed by atoms with Crippen molar-refractivity contribution in [1.82, 2.24) is 9.97 Å². The molecule has 0 spiro atoms. The first kappa shape index (κ1) is 29.8. The number of aromatic nitrogens is 2. The third-order valence-electron chi connectivity index (χ3n) is 7.11. The summed E-state index contributed by atoms with van der Waals surface area (Å²) in [6, 6.07) is 17.2. The molecule has 0 saturated carbocycles. The number of carbonyl (C=O) groups is 3. The number of alkyl halides is 2. The lowest BCUT2D eigenvalue weighted by atomic mass is 9.95.